The molecule has 0 radical (unpaired) electrons. The number of ether oxygens (including phenoxy) is 1. The van der Waals surface area contributed by atoms with E-state index in [4.69, 9.17) is 4.74 Å². The number of para-hydroxylation sites is 1. The first-order valence-electron chi connectivity index (χ1n) is 6.92. The Balaban J connectivity index is 2.13. The van der Waals surface area contributed by atoms with Gasteiger partial charge in [-0.2, -0.15) is 0 Å². The minimum Gasteiger partial charge on any atom is -0.475 e. The van der Waals surface area contributed by atoms with Gasteiger partial charge in [-0.3, -0.25) is 0 Å². The fraction of sp³-hybridized carbons (Fsp3) is 0.400. The molecule has 2 aromatic rings. The van der Waals surface area contributed by atoms with Gasteiger partial charge in [-0.25, -0.2) is 14.8 Å². The van der Waals surface area contributed by atoms with Crippen molar-refractivity contribution in [3.63, 3.8) is 0 Å². The zero-order chi connectivity index (χ0) is 15.0. The molecule has 21 heavy (non-hydrogen) atoms. The maximum absolute atomic E-state index is 11.2. The van der Waals surface area contributed by atoms with Crippen LogP contribution in [0.25, 0.3) is 10.9 Å². The Bertz CT molecular complexity index is 689. The number of carboxylic acids is 1. The van der Waals surface area contributed by atoms with Gasteiger partial charge in [-0.1, -0.05) is 12.1 Å². The lowest BCUT2D eigenvalue weighted by molar-refractivity contribution is 0.0684. The zero-order valence-corrected chi connectivity index (χ0v) is 12.0. The molecule has 3 rings (SSSR count). The van der Waals surface area contributed by atoms with Gasteiger partial charge in [0.25, 0.3) is 0 Å². The Morgan fingerprint density at radius 1 is 1.38 bits per heavy atom. The van der Waals surface area contributed by atoms with Gasteiger partial charge in [0.2, 0.25) is 5.82 Å². The second-order valence-corrected chi connectivity index (χ2v) is 5.24. The van der Waals surface area contributed by atoms with Crippen LogP contribution in [-0.2, 0) is 4.74 Å². The van der Waals surface area contributed by atoms with Crippen molar-refractivity contribution < 1.29 is 14.6 Å². The van der Waals surface area contributed by atoms with Crippen LogP contribution in [0.15, 0.2) is 24.3 Å². The number of hydrogen-bond donors (Lipinski definition) is 1. The Kier molecular flexibility index (Phi) is 3.47. The molecule has 0 bridgehead atoms. The van der Waals surface area contributed by atoms with Crippen LogP contribution >= 0.6 is 0 Å². The predicted octanol–water partition coefficient (Wildman–Crippen LogP) is 1.94. The molecule has 2 unspecified atom stereocenters. The van der Waals surface area contributed by atoms with Crippen molar-refractivity contribution >= 4 is 22.7 Å². The number of rotatable bonds is 3. The van der Waals surface area contributed by atoms with Crippen molar-refractivity contribution in [1.82, 2.24) is 9.97 Å². The van der Waals surface area contributed by atoms with Gasteiger partial charge in [0.15, 0.2) is 0 Å². The molecule has 1 saturated heterocycles. The number of benzene rings is 1. The average Bonchev–Trinajstić information content (AvgIpc) is 2.91. The van der Waals surface area contributed by atoms with Gasteiger partial charge in [0, 0.05) is 19.0 Å². The van der Waals surface area contributed by atoms with Crippen molar-refractivity contribution in [2.24, 2.45) is 0 Å². The van der Waals surface area contributed by atoms with Crippen LogP contribution in [-0.4, -0.2) is 46.8 Å². The Labute approximate surface area is 122 Å². The summed E-state index contributed by atoms with van der Waals surface area (Å²) in [5.74, 6) is -0.659. The van der Waals surface area contributed by atoms with Crippen LogP contribution < -0.4 is 4.90 Å². The molecule has 1 aliphatic rings. The first kappa shape index (κ1) is 13.8. The summed E-state index contributed by atoms with van der Waals surface area (Å²) in [5, 5.41) is 10.1. The van der Waals surface area contributed by atoms with Crippen LogP contribution in [0, 0.1) is 0 Å². The third-order valence-electron chi connectivity index (χ3n) is 3.94. The van der Waals surface area contributed by atoms with Crippen LogP contribution in [0.4, 0.5) is 5.82 Å². The maximum Gasteiger partial charge on any atom is 0.374 e. The first-order valence-corrected chi connectivity index (χ1v) is 6.92. The zero-order valence-electron chi connectivity index (χ0n) is 12.0. The quantitative estimate of drug-likeness (QED) is 0.929. The van der Waals surface area contributed by atoms with E-state index in [1.165, 1.54) is 0 Å². The van der Waals surface area contributed by atoms with Gasteiger partial charge < -0.3 is 14.7 Å². The van der Waals surface area contributed by atoms with Gasteiger partial charge in [0.1, 0.15) is 5.82 Å². The summed E-state index contributed by atoms with van der Waals surface area (Å²) in [5.41, 5.74) is 0.637. The maximum atomic E-state index is 11.2. The van der Waals surface area contributed by atoms with Crippen LogP contribution in [0.5, 0.6) is 0 Å². The van der Waals surface area contributed by atoms with Crippen LogP contribution in [0.1, 0.15) is 24.0 Å². The molecular weight excluding hydrogens is 270 g/mol. The molecule has 6 heteroatoms. The van der Waals surface area contributed by atoms with Crippen molar-refractivity contribution in [2.45, 2.75) is 25.5 Å². The number of fused-ring (bicyclic) bond motifs is 1. The van der Waals surface area contributed by atoms with E-state index in [0.717, 1.165) is 11.8 Å². The van der Waals surface area contributed by atoms with E-state index in [0.29, 0.717) is 17.9 Å². The van der Waals surface area contributed by atoms with E-state index in [1.54, 1.807) is 6.07 Å². The first-order chi connectivity index (χ1) is 10.1. The van der Waals surface area contributed by atoms with Crippen LogP contribution in [0.2, 0.25) is 0 Å². The summed E-state index contributed by atoms with van der Waals surface area (Å²) in [4.78, 5) is 21.6. The molecule has 0 aliphatic carbocycles. The molecule has 1 aromatic heterocycles. The molecule has 2 atom stereocenters. The third kappa shape index (κ3) is 2.42. The number of carbonyl (C=O) groups is 1. The number of anilines is 1. The van der Waals surface area contributed by atoms with E-state index in [-0.39, 0.29) is 18.0 Å². The minimum absolute atomic E-state index is 0.0944. The van der Waals surface area contributed by atoms with Crippen LogP contribution in [0.3, 0.4) is 0 Å². The van der Waals surface area contributed by atoms with Crippen molar-refractivity contribution in [3.05, 3.63) is 30.1 Å². The lowest BCUT2D eigenvalue weighted by Crippen LogP contribution is -2.37. The molecule has 1 fully saturated rings. The number of hydrogen-bond acceptors (Lipinski definition) is 5. The fourth-order valence-corrected chi connectivity index (χ4v) is 2.81. The number of nitrogens with zero attached hydrogens (tertiary/aromatic N) is 3. The number of aromatic nitrogens is 2. The number of carboxylic acid groups (broad SMARTS) is 1. The monoisotopic (exact) mass is 287 g/mol. The topological polar surface area (TPSA) is 75.5 Å². The largest absolute Gasteiger partial charge is 0.475 e. The summed E-state index contributed by atoms with van der Waals surface area (Å²) in [6.45, 7) is 2.74. The van der Waals surface area contributed by atoms with Gasteiger partial charge in [0.05, 0.1) is 17.7 Å². The second-order valence-electron chi connectivity index (χ2n) is 5.24. The molecule has 0 saturated carbocycles. The Morgan fingerprint density at radius 2 is 2.14 bits per heavy atom. The van der Waals surface area contributed by atoms with Gasteiger partial charge >= 0.3 is 5.97 Å². The van der Waals surface area contributed by atoms with E-state index in [9.17, 15) is 9.90 Å². The standard InChI is InChI=1S/C15H17N3O3/c1-9-12(7-8-21-9)18(2)14-10-5-3-4-6-11(10)16-13(17-14)15(19)20/h3-6,9,12H,7-8H2,1-2H3,(H,19,20). The molecule has 110 valence electrons. The predicted molar refractivity (Wildman–Crippen MR) is 78.7 cm³/mol. The summed E-state index contributed by atoms with van der Waals surface area (Å²) in [6.07, 6.45) is 0.996. The smallest absolute Gasteiger partial charge is 0.374 e. The van der Waals surface area contributed by atoms with Gasteiger partial charge in [-0.15, -0.1) is 0 Å². The molecule has 1 aromatic carbocycles. The highest BCUT2D eigenvalue weighted by Gasteiger charge is 2.30. The molecule has 0 spiro atoms. The Morgan fingerprint density at radius 3 is 2.81 bits per heavy atom. The second kappa shape index (κ2) is 5.29. The number of likely N-dealkylation sites (N-methyl/N-ethyl adjacent to an activating group) is 1. The van der Waals surface area contributed by atoms with E-state index < -0.39 is 5.97 Å². The SMILES string of the molecule is CC1OCCC1N(C)c1nc(C(=O)O)nc2ccccc12. The third-order valence-corrected chi connectivity index (χ3v) is 3.94. The van der Waals surface area contributed by atoms with Crippen molar-refractivity contribution in [3.8, 4) is 0 Å². The lowest BCUT2D eigenvalue weighted by atomic mass is 10.1. The molecule has 2 heterocycles. The minimum atomic E-state index is -1.12. The summed E-state index contributed by atoms with van der Waals surface area (Å²) < 4.78 is 5.60. The highest BCUT2D eigenvalue weighted by atomic mass is 16.5. The van der Waals surface area contributed by atoms with Crippen molar-refractivity contribution in [2.75, 3.05) is 18.6 Å². The molecule has 1 aliphatic heterocycles. The summed E-state index contributed by atoms with van der Waals surface area (Å²) in [7, 11) is 1.93. The van der Waals surface area contributed by atoms with Crippen molar-refractivity contribution in [1.29, 1.82) is 0 Å². The highest BCUT2D eigenvalue weighted by Crippen LogP contribution is 2.28. The highest BCUT2D eigenvalue weighted by molar-refractivity contribution is 5.93. The van der Waals surface area contributed by atoms with E-state index in [1.807, 2.05) is 37.1 Å². The molecule has 0 amide bonds. The molecule has 6 nitrogen and oxygen atoms in total. The molecule has 1 N–H and O–H groups in total. The van der Waals surface area contributed by atoms with E-state index >= 15 is 0 Å². The Hall–Kier alpha value is -2.21. The lowest BCUT2D eigenvalue weighted by Gasteiger charge is -2.28. The van der Waals surface area contributed by atoms with Gasteiger partial charge in [-0.05, 0) is 25.5 Å². The normalized spacial score (nSPS) is 21.6. The van der Waals surface area contributed by atoms with E-state index in [2.05, 4.69) is 9.97 Å². The molecular formula is C15H17N3O3. The fourth-order valence-electron chi connectivity index (χ4n) is 2.81. The number of aromatic carboxylic acids is 1. The summed E-state index contributed by atoms with van der Waals surface area (Å²) >= 11 is 0. The average molecular weight is 287 g/mol. The summed E-state index contributed by atoms with van der Waals surface area (Å²) in [6, 6.07) is 7.64.